The van der Waals surface area contributed by atoms with Gasteiger partial charge in [-0.05, 0) is 17.7 Å². The Hall–Kier alpha value is -0.930. The van der Waals surface area contributed by atoms with Crippen molar-refractivity contribution < 1.29 is 13.9 Å². The van der Waals surface area contributed by atoms with Crippen LogP contribution in [-0.4, -0.2) is 19.5 Å². The lowest BCUT2D eigenvalue weighted by Gasteiger charge is -2.01. The first kappa shape index (κ1) is 11.1. The van der Waals surface area contributed by atoms with Crippen LogP contribution in [0.5, 0.6) is 0 Å². The van der Waals surface area contributed by atoms with E-state index < -0.39 is 5.82 Å². The second-order valence-electron chi connectivity index (χ2n) is 2.90. The number of benzene rings is 1. The van der Waals surface area contributed by atoms with Gasteiger partial charge >= 0.3 is 0 Å². The molecular formula is C10H10ClFO2. The Morgan fingerprint density at radius 2 is 2.29 bits per heavy atom. The van der Waals surface area contributed by atoms with Gasteiger partial charge < -0.3 is 4.74 Å². The van der Waals surface area contributed by atoms with E-state index >= 15 is 0 Å². The number of ketones is 1. The summed E-state index contributed by atoms with van der Waals surface area (Å²) in [6, 6.07) is 4.32. The Labute approximate surface area is 86.6 Å². The highest BCUT2D eigenvalue weighted by molar-refractivity contribution is 6.30. The van der Waals surface area contributed by atoms with E-state index in [1.807, 2.05) is 0 Å². The van der Waals surface area contributed by atoms with Crippen molar-refractivity contribution in [1.29, 1.82) is 0 Å². The van der Waals surface area contributed by atoms with E-state index in [0.717, 1.165) is 0 Å². The number of hydrogen-bond donors (Lipinski definition) is 0. The molecule has 1 rings (SSSR count). The molecule has 14 heavy (non-hydrogen) atoms. The summed E-state index contributed by atoms with van der Waals surface area (Å²) in [5.74, 6) is -0.594. The highest BCUT2D eigenvalue weighted by atomic mass is 35.5. The van der Waals surface area contributed by atoms with Crippen LogP contribution in [0.15, 0.2) is 18.2 Å². The molecule has 2 nitrogen and oxygen atoms in total. The van der Waals surface area contributed by atoms with Crippen molar-refractivity contribution in [2.75, 3.05) is 13.7 Å². The van der Waals surface area contributed by atoms with E-state index in [2.05, 4.69) is 4.74 Å². The van der Waals surface area contributed by atoms with Gasteiger partial charge in [0, 0.05) is 13.5 Å². The quantitative estimate of drug-likeness (QED) is 0.772. The summed E-state index contributed by atoms with van der Waals surface area (Å²) < 4.78 is 17.6. The summed E-state index contributed by atoms with van der Waals surface area (Å²) >= 11 is 5.49. The standard InChI is InChI=1S/C10H10ClFO2/c1-14-6-8(13)4-7-2-3-9(11)10(12)5-7/h2-3,5H,4,6H2,1H3. The van der Waals surface area contributed by atoms with E-state index in [-0.39, 0.29) is 23.8 Å². The van der Waals surface area contributed by atoms with Gasteiger partial charge in [-0.2, -0.15) is 0 Å². The topological polar surface area (TPSA) is 26.3 Å². The molecule has 0 heterocycles. The fourth-order valence-electron chi connectivity index (χ4n) is 1.09. The molecule has 1 aromatic carbocycles. The molecule has 0 radical (unpaired) electrons. The fraction of sp³-hybridized carbons (Fsp3) is 0.300. The zero-order chi connectivity index (χ0) is 10.6. The number of rotatable bonds is 4. The van der Waals surface area contributed by atoms with Gasteiger partial charge in [0.1, 0.15) is 12.4 Å². The molecule has 0 saturated carbocycles. The van der Waals surface area contributed by atoms with E-state index in [9.17, 15) is 9.18 Å². The predicted molar refractivity (Wildman–Crippen MR) is 52.0 cm³/mol. The molecule has 0 unspecified atom stereocenters. The number of hydrogen-bond acceptors (Lipinski definition) is 2. The van der Waals surface area contributed by atoms with Crippen molar-refractivity contribution in [1.82, 2.24) is 0 Å². The molecule has 0 aliphatic rings. The maximum Gasteiger partial charge on any atom is 0.162 e. The molecule has 0 aliphatic carbocycles. The highest BCUT2D eigenvalue weighted by Crippen LogP contribution is 2.15. The van der Waals surface area contributed by atoms with Crippen LogP contribution >= 0.6 is 11.6 Å². The normalized spacial score (nSPS) is 10.2. The monoisotopic (exact) mass is 216 g/mol. The molecule has 0 aromatic heterocycles. The summed E-state index contributed by atoms with van der Waals surface area (Å²) in [5.41, 5.74) is 0.606. The van der Waals surface area contributed by atoms with Crippen molar-refractivity contribution in [3.8, 4) is 0 Å². The van der Waals surface area contributed by atoms with Crippen LogP contribution in [0.3, 0.4) is 0 Å². The van der Waals surface area contributed by atoms with Crippen molar-refractivity contribution >= 4 is 17.4 Å². The maximum absolute atomic E-state index is 12.9. The third-order valence-electron chi connectivity index (χ3n) is 1.69. The van der Waals surface area contributed by atoms with E-state index in [4.69, 9.17) is 11.6 Å². The predicted octanol–water partition coefficient (Wildman–Crippen LogP) is 2.24. The molecule has 0 aliphatic heterocycles. The number of Topliss-reactive ketones (excluding diaryl/α,β-unsaturated/α-hetero) is 1. The maximum atomic E-state index is 12.9. The summed E-state index contributed by atoms with van der Waals surface area (Å²) in [4.78, 5) is 11.1. The van der Waals surface area contributed by atoms with Gasteiger partial charge in [0.2, 0.25) is 0 Å². The van der Waals surface area contributed by atoms with Crippen molar-refractivity contribution in [2.45, 2.75) is 6.42 Å². The molecule has 1 aromatic rings. The van der Waals surface area contributed by atoms with Gasteiger partial charge in [0.15, 0.2) is 5.78 Å². The third kappa shape index (κ3) is 3.09. The van der Waals surface area contributed by atoms with Gasteiger partial charge in [-0.1, -0.05) is 17.7 Å². The largest absolute Gasteiger partial charge is 0.377 e. The molecular weight excluding hydrogens is 207 g/mol. The summed E-state index contributed by atoms with van der Waals surface area (Å²) in [6.07, 6.45) is 0.169. The Morgan fingerprint density at radius 3 is 2.86 bits per heavy atom. The minimum atomic E-state index is -0.505. The fourth-order valence-corrected chi connectivity index (χ4v) is 1.21. The van der Waals surface area contributed by atoms with Crippen LogP contribution < -0.4 is 0 Å². The molecule has 0 saturated heterocycles. The van der Waals surface area contributed by atoms with E-state index in [0.29, 0.717) is 5.56 Å². The zero-order valence-electron chi connectivity index (χ0n) is 7.72. The first-order valence-corrected chi connectivity index (χ1v) is 4.46. The van der Waals surface area contributed by atoms with E-state index in [1.54, 1.807) is 6.07 Å². The smallest absolute Gasteiger partial charge is 0.162 e. The van der Waals surface area contributed by atoms with Crippen molar-refractivity contribution in [3.63, 3.8) is 0 Å². The second kappa shape index (κ2) is 5.08. The highest BCUT2D eigenvalue weighted by Gasteiger charge is 2.05. The Bertz CT molecular complexity index is 339. The van der Waals surface area contributed by atoms with Gasteiger partial charge in [0.25, 0.3) is 0 Å². The second-order valence-corrected chi connectivity index (χ2v) is 3.30. The Kier molecular flexibility index (Phi) is 4.04. The number of carbonyl (C=O) groups excluding carboxylic acids is 1. The van der Waals surface area contributed by atoms with Crippen LogP contribution in [-0.2, 0) is 16.0 Å². The van der Waals surface area contributed by atoms with Crippen LogP contribution in [0.1, 0.15) is 5.56 Å². The van der Waals surface area contributed by atoms with Gasteiger partial charge in [0.05, 0.1) is 5.02 Å². The Morgan fingerprint density at radius 1 is 1.57 bits per heavy atom. The van der Waals surface area contributed by atoms with Gasteiger partial charge in [-0.15, -0.1) is 0 Å². The minimum Gasteiger partial charge on any atom is -0.377 e. The van der Waals surface area contributed by atoms with Crippen LogP contribution in [0.4, 0.5) is 4.39 Å². The molecule has 0 atom stereocenters. The number of carbonyl (C=O) groups is 1. The number of halogens is 2. The summed E-state index contributed by atoms with van der Waals surface area (Å²) in [6.45, 7) is 0.0459. The molecule has 0 amide bonds. The SMILES string of the molecule is COCC(=O)Cc1ccc(Cl)c(F)c1. The lowest BCUT2D eigenvalue weighted by Crippen LogP contribution is -2.09. The number of ether oxygens (including phenoxy) is 1. The molecule has 0 bridgehead atoms. The van der Waals surface area contributed by atoms with Crippen molar-refractivity contribution in [3.05, 3.63) is 34.6 Å². The van der Waals surface area contributed by atoms with Crippen LogP contribution in [0.2, 0.25) is 5.02 Å². The lowest BCUT2D eigenvalue weighted by molar-refractivity contribution is -0.121. The third-order valence-corrected chi connectivity index (χ3v) is 2.00. The van der Waals surface area contributed by atoms with Gasteiger partial charge in [-0.3, -0.25) is 4.79 Å². The number of methoxy groups -OCH3 is 1. The first-order chi connectivity index (χ1) is 6.63. The Balaban J connectivity index is 2.68. The lowest BCUT2D eigenvalue weighted by atomic mass is 10.1. The minimum absolute atomic E-state index is 0.0459. The van der Waals surface area contributed by atoms with Crippen LogP contribution in [0, 0.1) is 5.82 Å². The molecule has 76 valence electrons. The molecule has 0 N–H and O–H groups in total. The molecule has 0 spiro atoms. The van der Waals surface area contributed by atoms with Crippen LogP contribution in [0.25, 0.3) is 0 Å². The molecule has 4 heteroatoms. The summed E-state index contributed by atoms with van der Waals surface area (Å²) in [5, 5.41) is 0.0629. The average molecular weight is 217 g/mol. The van der Waals surface area contributed by atoms with Crippen molar-refractivity contribution in [2.24, 2.45) is 0 Å². The zero-order valence-corrected chi connectivity index (χ0v) is 8.47. The van der Waals surface area contributed by atoms with Gasteiger partial charge in [-0.25, -0.2) is 4.39 Å². The van der Waals surface area contributed by atoms with E-state index in [1.165, 1.54) is 19.2 Å². The average Bonchev–Trinajstić information content (AvgIpc) is 2.12. The summed E-state index contributed by atoms with van der Waals surface area (Å²) in [7, 11) is 1.44. The first-order valence-electron chi connectivity index (χ1n) is 4.08. The molecule has 0 fully saturated rings.